The maximum Gasteiger partial charge on any atom is 0.416 e. The second-order valence-electron chi connectivity index (χ2n) is 7.62. The first kappa shape index (κ1) is 22.1. The quantitative estimate of drug-likeness (QED) is 0.804. The van der Waals surface area contributed by atoms with Gasteiger partial charge in [-0.25, -0.2) is 0 Å². The van der Waals surface area contributed by atoms with Gasteiger partial charge in [-0.2, -0.15) is 13.2 Å². The molecule has 0 radical (unpaired) electrons. The molecule has 1 amide bonds. The van der Waals surface area contributed by atoms with E-state index in [1.54, 1.807) is 24.3 Å². The van der Waals surface area contributed by atoms with Gasteiger partial charge in [-0.1, -0.05) is 18.2 Å². The monoisotopic (exact) mass is 422 g/mol. The number of aliphatic hydroxyl groups excluding tert-OH is 1. The fourth-order valence-corrected chi connectivity index (χ4v) is 3.77. The molecule has 2 aromatic rings. The Hall–Kier alpha value is -2.58. The highest BCUT2D eigenvalue weighted by atomic mass is 19.4. The van der Waals surface area contributed by atoms with Gasteiger partial charge in [-0.05, 0) is 55.9 Å². The lowest BCUT2D eigenvalue weighted by Gasteiger charge is -2.27. The number of hydrogen-bond donors (Lipinski definition) is 1. The van der Waals surface area contributed by atoms with Crippen LogP contribution in [0.3, 0.4) is 0 Å². The summed E-state index contributed by atoms with van der Waals surface area (Å²) in [5.41, 5.74) is 0.0190. The number of anilines is 1. The molecule has 2 atom stereocenters. The molecule has 1 aliphatic rings. The number of aliphatic hydroxyl groups is 1. The lowest BCUT2D eigenvalue weighted by molar-refractivity contribution is -0.138. The molecule has 0 aliphatic carbocycles. The third-order valence-electron chi connectivity index (χ3n) is 5.39. The molecule has 2 aromatic carbocycles. The van der Waals surface area contributed by atoms with E-state index in [1.165, 1.54) is 24.1 Å². The number of alkyl halides is 3. The number of likely N-dealkylation sites (N-methyl/N-ethyl adjacent to an activating group) is 1. The van der Waals surface area contributed by atoms with Crippen LogP contribution in [-0.2, 0) is 17.4 Å². The smallest absolute Gasteiger partial charge is 0.416 e. The summed E-state index contributed by atoms with van der Waals surface area (Å²) >= 11 is 0. The molecule has 0 bridgehead atoms. The Kier molecular flexibility index (Phi) is 6.38. The molecule has 8 heteroatoms. The van der Waals surface area contributed by atoms with Gasteiger partial charge in [0, 0.05) is 24.7 Å². The minimum absolute atomic E-state index is 0.0227. The molecule has 5 nitrogen and oxygen atoms in total. The minimum atomic E-state index is -4.57. The number of halogens is 3. The zero-order valence-corrected chi connectivity index (χ0v) is 17.1. The van der Waals surface area contributed by atoms with E-state index in [0.717, 1.165) is 6.07 Å². The second kappa shape index (κ2) is 8.65. The molecule has 0 saturated heterocycles. The Bertz CT molecular complexity index is 897. The number of rotatable bonds is 5. The Labute approximate surface area is 173 Å². The van der Waals surface area contributed by atoms with Gasteiger partial charge in [0.15, 0.2) is 0 Å². The third-order valence-corrected chi connectivity index (χ3v) is 5.39. The zero-order chi connectivity index (χ0) is 22.1. The molecule has 1 aliphatic heterocycles. The van der Waals surface area contributed by atoms with Crippen LogP contribution in [0.5, 0.6) is 5.75 Å². The summed E-state index contributed by atoms with van der Waals surface area (Å²) < 4.78 is 46.5. The molecule has 3 rings (SSSR count). The predicted octanol–water partition coefficient (Wildman–Crippen LogP) is 3.31. The SMILES string of the molecule is COc1ccc([C@@H]2Cc3c(cccc3C(F)(F)F)N(CCN(C)C)C(=O)[C@@H]2O)cc1. The van der Waals surface area contributed by atoms with Crippen molar-refractivity contribution in [2.24, 2.45) is 0 Å². The van der Waals surface area contributed by atoms with Gasteiger partial charge in [0.2, 0.25) is 0 Å². The third kappa shape index (κ3) is 4.44. The van der Waals surface area contributed by atoms with Crippen LogP contribution in [0.2, 0.25) is 0 Å². The highest BCUT2D eigenvalue weighted by Crippen LogP contribution is 2.42. The number of nitrogens with zero attached hydrogens (tertiary/aromatic N) is 2. The first-order valence-corrected chi connectivity index (χ1v) is 9.60. The number of fused-ring (bicyclic) bond motifs is 1. The fourth-order valence-electron chi connectivity index (χ4n) is 3.77. The normalized spacial score (nSPS) is 19.6. The maximum absolute atomic E-state index is 13.8. The molecule has 0 aromatic heterocycles. The van der Waals surface area contributed by atoms with Gasteiger partial charge in [0.05, 0.1) is 12.7 Å². The van der Waals surface area contributed by atoms with Crippen LogP contribution in [0.4, 0.5) is 18.9 Å². The number of hydrogen-bond acceptors (Lipinski definition) is 4. The van der Waals surface area contributed by atoms with Crippen molar-refractivity contribution in [2.75, 3.05) is 39.2 Å². The summed E-state index contributed by atoms with van der Waals surface area (Å²) in [5, 5.41) is 10.9. The maximum atomic E-state index is 13.8. The van der Waals surface area contributed by atoms with Crippen molar-refractivity contribution in [2.45, 2.75) is 24.6 Å². The Morgan fingerprint density at radius 2 is 1.83 bits per heavy atom. The molecule has 0 spiro atoms. The van der Waals surface area contributed by atoms with Crippen molar-refractivity contribution in [3.8, 4) is 5.75 Å². The highest BCUT2D eigenvalue weighted by molar-refractivity contribution is 5.99. The van der Waals surface area contributed by atoms with E-state index in [-0.39, 0.29) is 24.2 Å². The minimum Gasteiger partial charge on any atom is -0.497 e. The number of benzene rings is 2. The van der Waals surface area contributed by atoms with Gasteiger partial charge in [0.25, 0.3) is 5.91 Å². The molecule has 162 valence electrons. The largest absolute Gasteiger partial charge is 0.497 e. The van der Waals surface area contributed by atoms with Gasteiger partial charge < -0.3 is 19.6 Å². The van der Waals surface area contributed by atoms with Gasteiger partial charge in [0.1, 0.15) is 11.9 Å². The molecule has 0 unspecified atom stereocenters. The summed E-state index contributed by atoms with van der Waals surface area (Å²) in [5.74, 6) is -0.831. The first-order valence-electron chi connectivity index (χ1n) is 9.60. The number of carbonyl (C=O) groups is 1. The van der Waals surface area contributed by atoms with Gasteiger partial charge in [-0.3, -0.25) is 4.79 Å². The van der Waals surface area contributed by atoms with Crippen molar-refractivity contribution in [1.29, 1.82) is 0 Å². The van der Waals surface area contributed by atoms with Crippen LogP contribution < -0.4 is 9.64 Å². The molecule has 30 heavy (non-hydrogen) atoms. The van der Waals surface area contributed by atoms with Crippen LogP contribution in [-0.4, -0.2) is 56.3 Å². The lowest BCUT2D eigenvalue weighted by Crippen LogP contribution is -2.43. The van der Waals surface area contributed by atoms with Gasteiger partial charge in [-0.15, -0.1) is 0 Å². The van der Waals surface area contributed by atoms with Crippen molar-refractivity contribution in [3.63, 3.8) is 0 Å². The standard InChI is InChI=1S/C22H25F3N2O3/c1-26(2)11-12-27-19-6-4-5-18(22(23,24)25)17(19)13-16(20(28)21(27)29)14-7-9-15(30-3)10-8-14/h4-10,16,20,28H,11-13H2,1-3H3/t16-,20+/m0/s1. The lowest BCUT2D eigenvalue weighted by atomic mass is 9.86. The van der Waals surface area contributed by atoms with Crippen LogP contribution in [0.25, 0.3) is 0 Å². The van der Waals surface area contributed by atoms with E-state index in [4.69, 9.17) is 4.74 Å². The first-order chi connectivity index (χ1) is 14.1. The van der Waals surface area contributed by atoms with Crippen molar-refractivity contribution in [1.82, 2.24) is 4.90 Å². The molecular weight excluding hydrogens is 397 g/mol. The number of methoxy groups -OCH3 is 1. The topological polar surface area (TPSA) is 53.0 Å². The number of carbonyl (C=O) groups excluding carboxylic acids is 1. The van der Waals surface area contributed by atoms with Crippen LogP contribution in [0.15, 0.2) is 42.5 Å². The fraction of sp³-hybridized carbons (Fsp3) is 0.409. The molecular formula is C22H25F3N2O3. The Balaban J connectivity index is 2.13. The number of amides is 1. The average Bonchev–Trinajstić information content (AvgIpc) is 2.80. The molecule has 1 N–H and O–H groups in total. The van der Waals surface area contributed by atoms with E-state index in [0.29, 0.717) is 17.9 Å². The Morgan fingerprint density at radius 3 is 2.40 bits per heavy atom. The molecule has 0 saturated carbocycles. The van der Waals surface area contributed by atoms with Crippen molar-refractivity contribution in [3.05, 3.63) is 59.2 Å². The Morgan fingerprint density at radius 1 is 1.17 bits per heavy atom. The van der Waals surface area contributed by atoms with E-state index in [1.807, 2.05) is 19.0 Å². The zero-order valence-electron chi connectivity index (χ0n) is 17.1. The van der Waals surface area contributed by atoms with Crippen LogP contribution >= 0.6 is 0 Å². The van der Waals surface area contributed by atoms with Crippen molar-refractivity contribution < 1.29 is 27.8 Å². The van der Waals surface area contributed by atoms with E-state index in [2.05, 4.69) is 0 Å². The van der Waals surface area contributed by atoms with Crippen LogP contribution in [0.1, 0.15) is 22.6 Å². The van der Waals surface area contributed by atoms with Crippen LogP contribution in [0, 0.1) is 0 Å². The second-order valence-corrected chi connectivity index (χ2v) is 7.62. The van der Waals surface area contributed by atoms with E-state index < -0.39 is 29.7 Å². The van der Waals surface area contributed by atoms with Gasteiger partial charge >= 0.3 is 6.18 Å². The molecule has 0 fully saturated rings. The van der Waals surface area contributed by atoms with E-state index in [9.17, 15) is 23.1 Å². The summed E-state index contributed by atoms with van der Waals surface area (Å²) in [7, 11) is 5.13. The summed E-state index contributed by atoms with van der Waals surface area (Å²) in [6, 6.07) is 10.5. The molecule has 1 heterocycles. The predicted molar refractivity (Wildman–Crippen MR) is 108 cm³/mol. The highest BCUT2D eigenvalue weighted by Gasteiger charge is 2.41. The van der Waals surface area contributed by atoms with E-state index >= 15 is 0 Å². The summed E-state index contributed by atoms with van der Waals surface area (Å²) in [6.45, 7) is 0.619. The summed E-state index contributed by atoms with van der Waals surface area (Å²) in [6.07, 6.45) is -6.14. The average molecular weight is 422 g/mol. The number of ether oxygens (including phenoxy) is 1. The summed E-state index contributed by atoms with van der Waals surface area (Å²) in [4.78, 5) is 16.2. The van der Waals surface area contributed by atoms with Crippen molar-refractivity contribution >= 4 is 11.6 Å².